The van der Waals surface area contributed by atoms with E-state index in [2.05, 4.69) is 108 Å². The summed E-state index contributed by atoms with van der Waals surface area (Å²) in [5.41, 5.74) is 10.8. The normalized spacial score (nSPS) is 17.8. The molecule has 45 heavy (non-hydrogen) atoms. The van der Waals surface area contributed by atoms with E-state index in [9.17, 15) is 4.79 Å². The van der Waals surface area contributed by atoms with E-state index < -0.39 is 5.41 Å². The first-order valence-corrected chi connectivity index (χ1v) is 16.4. The van der Waals surface area contributed by atoms with Gasteiger partial charge in [0.15, 0.2) is 0 Å². The topological polar surface area (TPSA) is 62.5 Å². The van der Waals surface area contributed by atoms with Gasteiger partial charge < -0.3 is 14.6 Å². The molecule has 2 aromatic carbocycles. The Morgan fingerprint density at radius 1 is 0.844 bits per heavy atom. The van der Waals surface area contributed by atoms with Crippen LogP contribution in [0.25, 0.3) is 28.0 Å². The second kappa shape index (κ2) is 11.9. The van der Waals surface area contributed by atoms with Crippen LogP contribution in [0.3, 0.4) is 0 Å². The standard InChI is InChI=1S/C39H43N5O/c1-26-21-27(2)23-31(22-26)37-35(17-20-41-24-28-5-7-29(8-6-28)30-15-18-40-19-16-30)43-25-32(9-14-36(43)42-37)39(3,4)38(45)44-33-10-11-34(44)13-12-33/h5-9,14-16,18-19,21-23,25,33-34,41H,10-13,17,20,24H2,1-4H3. The van der Waals surface area contributed by atoms with Crippen LogP contribution in [-0.4, -0.2) is 43.8 Å². The second-order valence-electron chi connectivity index (χ2n) is 13.6. The molecule has 6 nitrogen and oxygen atoms in total. The van der Waals surface area contributed by atoms with E-state index >= 15 is 0 Å². The quantitative estimate of drug-likeness (QED) is 0.179. The number of hydrogen-bond donors (Lipinski definition) is 1. The Morgan fingerprint density at radius 3 is 2.16 bits per heavy atom. The third-order valence-corrected chi connectivity index (χ3v) is 9.99. The Kier molecular flexibility index (Phi) is 7.78. The maximum Gasteiger partial charge on any atom is 0.233 e. The van der Waals surface area contributed by atoms with Crippen LogP contribution in [0.15, 0.2) is 85.3 Å². The second-order valence-corrected chi connectivity index (χ2v) is 13.6. The van der Waals surface area contributed by atoms with Crippen molar-refractivity contribution in [3.8, 4) is 22.4 Å². The summed E-state index contributed by atoms with van der Waals surface area (Å²) < 4.78 is 2.24. The Morgan fingerprint density at radius 2 is 1.49 bits per heavy atom. The maximum atomic E-state index is 14.0. The zero-order chi connectivity index (χ0) is 31.1. The van der Waals surface area contributed by atoms with Crippen molar-refractivity contribution in [1.82, 2.24) is 24.6 Å². The van der Waals surface area contributed by atoms with E-state index in [-0.39, 0.29) is 5.91 Å². The van der Waals surface area contributed by atoms with Gasteiger partial charge in [-0.25, -0.2) is 4.98 Å². The summed E-state index contributed by atoms with van der Waals surface area (Å²) in [5.74, 6) is 0.264. The third-order valence-electron chi connectivity index (χ3n) is 9.99. The first-order chi connectivity index (χ1) is 21.8. The summed E-state index contributed by atoms with van der Waals surface area (Å²) in [4.78, 5) is 25.5. The van der Waals surface area contributed by atoms with Gasteiger partial charge in [-0.05, 0) is 106 Å². The number of benzene rings is 2. The molecule has 2 saturated heterocycles. The lowest BCUT2D eigenvalue weighted by atomic mass is 9.84. The molecule has 0 aliphatic carbocycles. The molecule has 0 radical (unpaired) electrons. The molecule has 230 valence electrons. The van der Waals surface area contributed by atoms with Crippen LogP contribution >= 0.6 is 0 Å². The van der Waals surface area contributed by atoms with Gasteiger partial charge in [0.1, 0.15) is 5.65 Å². The number of imidazole rings is 1. The molecule has 1 N–H and O–H groups in total. The molecule has 2 aliphatic rings. The minimum Gasteiger partial charge on any atom is -0.336 e. The number of rotatable bonds is 9. The first kappa shape index (κ1) is 29.4. The van der Waals surface area contributed by atoms with Gasteiger partial charge in [0, 0.05) is 55.7 Å². The number of fused-ring (bicyclic) bond motifs is 3. The summed E-state index contributed by atoms with van der Waals surface area (Å²) >= 11 is 0. The number of amides is 1. The molecule has 2 fully saturated rings. The summed E-state index contributed by atoms with van der Waals surface area (Å²) in [6, 6.07) is 24.5. The number of carbonyl (C=O) groups excluding carboxylic acids is 1. The molecule has 0 unspecified atom stereocenters. The first-order valence-electron chi connectivity index (χ1n) is 16.4. The van der Waals surface area contributed by atoms with Crippen LogP contribution in [0, 0.1) is 13.8 Å². The molecule has 7 rings (SSSR count). The summed E-state index contributed by atoms with van der Waals surface area (Å²) in [6.45, 7) is 10.1. The number of hydrogen-bond acceptors (Lipinski definition) is 4. The Labute approximate surface area is 266 Å². The van der Waals surface area contributed by atoms with Crippen molar-refractivity contribution in [3.05, 3.63) is 113 Å². The van der Waals surface area contributed by atoms with Crippen LogP contribution in [0.4, 0.5) is 0 Å². The lowest BCUT2D eigenvalue weighted by Crippen LogP contribution is -2.46. The van der Waals surface area contributed by atoms with Crippen LogP contribution in [0.2, 0.25) is 0 Å². The number of nitrogens with zero attached hydrogens (tertiary/aromatic N) is 4. The van der Waals surface area contributed by atoms with Gasteiger partial charge in [-0.3, -0.25) is 9.78 Å². The van der Waals surface area contributed by atoms with Gasteiger partial charge in [0.2, 0.25) is 5.91 Å². The van der Waals surface area contributed by atoms with Crippen LogP contribution in [-0.2, 0) is 23.2 Å². The van der Waals surface area contributed by atoms with Crippen molar-refractivity contribution in [1.29, 1.82) is 0 Å². The molecule has 5 heterocycles. The molecular weight excluding hydrogens is 554 g/mol. The zero-order valence-electron chi connectivity index (χ0n) is 26.9. The van der Waals surface area contributed by atoms with Gasteiger partial charge in [-0.2, -0.15) is 0 Å². The fourth-order valence-corrected chi connectivity index (χ4v) is 7.53. The average molecular weight is 598 g/mol. The Balaban J connectivity index is 1.15. The van der Waals surface area contributed by atoms with Crippen molar-refractivity contribution < 1.29 is 4.79 Å². The largest absolute Gasteiger partial charge is 0.336 e. The van der Waals surface area contributed by atoms with Gasteiger partial charge in [0.05, 0.1) is 16.8 Å². The van der Waals surface area contributed by atoms with Gasteiger partial charge in [-0.15, -0.1) is 0 Å². The molecule has 3 aromatic heterocycles. The highest BCUT2D eigenvalue weighted by molar-refractivity contribution is 5.88. The van der Waals surface area contributed by atoms with E-state index in [1.54, 1.807) is 0 Å². The molecule has 2 aliphatic heterocycles. The molecular formula is C39H43N5O. The van der Waals surface area contributed by atoms with E-state index in [0.29, 0.717) is 12.1 Å². The third kappa shape index (κ3) is 5.68. The summed E-state index contributed by atoms with van der Waals surface area (Å²) in [5, 5.41) is 3.67. The van der Waals surface area contributed by atoms with E-state index in [1.165, 1.54) is 33.5 Å². The average Bonchev–Trinajstić information content (AvgIpc) is 3.75. The fraction of sp³-hybridized carbons (Fsp3) is 0.359. The molecule has 6 heteroatoms. The number of aromatic nitrogens is 3. The van der Waals surface area contributed by atoms with Crippen LogP contribution in [0.1, 0.15) is 67.5 Å². The number of nitrogens with one attached hydrogen (secondary N) is 1. The molecule has 0 saturated carbocycles. The zero-order valence-corrected chi connectivity index (χ0v) is 26.9. The highest BCUT2D eigenvalue weighted by Crippen LogP contribution is 2.41. The SMILES string of the molecule is Cc1cc(C)cc(-c2nc3ccc(C(C)(C)C(=O)N4C5CCC4CC5)cn3c2CCNCc2ccc(-c3ccncc3)cc2)c1. The lowest BCUT2D eigenvalue weighted by molar-refractivity contribution is -0.137. The molecule has 5 aromatic rings. The molecule has 0 spiro atoms. The van der Waals surface area contributed by atoms with Crippen LogP contribution in [0.5, 0.6) is 0 Å². The van der Waals surface area contributed by atoms with Gasteiger partial charge in [-0.1, -0.05) is 47.5 Å². The predicted octanol–water partition coefficient (Wildman–Crippen LogP) is 7.44. The van der Waals surface area contributed by atoms with E-state index in [4.69, 9.17) is 4.98 Å². The van der Waals surface area contributed by atoms with Crippen molar-refractivity contribution >= 4 is 11.6 Å². The highest BCUT2D eigenvalue weighted by Gasteiger charge is 2.47. The molecule has 2 bridgehead atoms. The Bertz CT molecular complexity index is 1800. The van der Waals surface area contributed by atoms with Crippen molar-refractivity contribution in [3.63, 3.8) is 0 Å². The van der Waals surface area contributed by atoms with E-state index in [0.717, 1.165) is 67.7 Å². The monoisotopic (exact) mass is 597 g/mol. The minimum absolute atomic E-state index is 0.264. The number of carbonyl (C=O) groups is 1. The van der Waals surface area contributed by atoms with Crippen molar-refractivity contribution in [2.45, 2.75) is 83.8 Å². The summed E-state index contributed by atoms with van der Waals surface area (Å²) in [7, 11) is 0. The molecule has 1 amide bonds. The fourth-order valence-electron chi connectivity index (χ4n) is 7.53. The Hall–Kier alpha value is -4.29. The van der Waals surface area contributed by atoms with Crippen molar-refractivity contribution in [2.75, 3.05) is 6.54 Å². The number of pyridine rings is 2. The van der Waals surface area contributed by atoms with Gasteiger partial charge >= 0.3 is 0 Å². The smallest absolute Gasteiger partial charge is 0.233 e. The van der Waals surface area contributed by atoms with Gasteiger partial charge in [0.25, 0.3) is 0 Å². The van der Waals surface area contributed by atoms with E-state index in [1.807, 2.05) is 24.5 Å². The highest BCUT2D eigenvalue weighted by atomic mass is 16.2. The predicted molar refractivity (Wildman–Crippen MR) is 181 cm³/mol. The van der Waals surface area contributed by atoms with Crippen LogP contribution < -0.4 is 5.32 Å². The summed E-state index contributed by atoms with van der Waals surface area (Å²) in [6.07, 6.45) is 11.3. The maximum absolute atomic E-state index is 14.0. The molecule has 0 atom stereocenters. The van der Waals surface area contributed by atoms with Crippen molar-refractivity contribution in [2.24, 2.45) is 0 Å². The lowest BCUT2D eigenvalue weighted by Gasteiger charge is -2.32. The minimum atomic E-state index is -0.609. The number of aryl methyl sites for hydroxylation is 2.